The lowest BCUT2D eigenvalue weighted by Gasteiger charge is -2.07. The minimum absolute atomic E-state index is 1.23. The Morgan fingerprint density at radius 1 is 0.395 bits per heavy atom. The third-order valence-electron chi connectivity index (χ3n) is 9.85. The van der Waals surface area contributed by atoms with Gasteiger partial charge in [0.15, 0.2) is 0 Å². The van der Waals surface area contributed by atoms with Crippen molar-refractivity contribution in [2.45, 2.75) is 246 Å². The predicted octanol–water partition coefficient (Wildman–Crippen LogP) is 13.9. The predicted molar refractivity (Wildman–Crippen MR) is 193 cm³/mol. The van der Waals surface area contributed by atoms with E-state index in [0.717, 1.165) is 0 Å². The lowest BCUT2D eigenvalue weighted by Crippen LogP contribution is -2.37. The summed E-state index contributed by atoms with van der Waals surface area (Å²) < 4.78 is 5.27. The van der Waals surface area contributed by atoms with Gasteiger partial charge >= 0.3 is 0 Å². The SMILES string of the molecule is CCCCCCCCCCCCCCCCc1n(CCCCCCCCCCC)cc[n+]1CCCCCCCCCCC. The monoisotopic (exact) mass is 602 g/mol. The van der Waals surface area contributed by atoms with Crippen LogP contribution >= 0.6 is 0 Å². The van der Waals surface area contributed by atoms with Crippen molar-refractivity contribution in [3.63, 3.8) is 0 Å². The highest BCUT2D eigenvalue weighted by molar-refractivity contribution is 4.84. The minimum atomic E-state index is 1.23. The molecule has 0 amide bonds. The summed E-state index contributed by atoms with van der Waals surface area (Å²) in [5.41, 5.74) is 0. The lowest BCUT2D eigenvalue weighted by molar-refractivity contribution is -0.704. The number of hydrogen-bond acceptors (Lipinski definition) is 0. The number of aryl methyl sites for hydroxylation is 2. The fourth-order valence-corrected chi connectivity index (χ4v) is 6.86. The van der Waals surface area contributed by atoms with Crippen LogP contribution in [0.25, 0.3) is 0 Å². The summed E-state index contributed by atoms with van der Waals surface area (Å²) in [6, 6.07) is 0. The molecule has 0 saturated heterocycles. The van der Waals surface area contributed by atoms with E-state index in [4.69, 9.17) is 0 Å². The molecule has 0 spiro atoms. The largest absolute Gasteiger partial charge is 0.256 e. The first-order valence-corrected chi connectivity index (χ1v) is 20.4. The van der Waals surface area contributed by atoms with Crippen molar-refractivity contribution in [3.05, 3.63) is 18.2 Å². The number of rotatable bonds is 35. The number of aromatic nitrogens is 2. The third-order valence-corrected chi connectivity index (χ3v) is 9.85. The van der Waals surface area contributed by atoms with Crippen LogP contribution in [0.15, 0.2) is 12.4 Å². The Morgan fingerprint density at radius 2 is 0.721 bits per heavy atom. The molecule has 43 heavy (non-hydrogen) atoms. The van der Waals surface area contributed by atoms with E-state index in [-0.39, 0.29) is 0 Å². The Bertz CT molecular complexity index is 623. The van der Waals surface area contributed by atoms with Gasteiger partial charge in [-0.05, 0) is 32.1 Å². The highest BCUT2D eigenvalue weighted by Crippen LogP contribution is 2.15. The van der Waals surface area contributed by atoms with Gasteiger partial charge in [-0.1, -0.05) is 194 Å². The van der Waals surface area contributed by atoms with Crippen molar-refractivity contribution < 1.29 is 4.57 Å². The van der Waals surface area contributed by atoms with E-state index < -0.39 is 0 Å². The average Bonchev–Trinajstić information content (AvgIpc) is 3.40. The second-order valence-corrected chi connectivity index (χ2v) is 14.1. The molecule has 2 heteroatoms. The van der Waals surface area contributed by atoms with Crippen molar-refractivity contribution in [2.24, 2.45) is 0 Å². The van der Waals surface area contributed by atoms with Gasteiger partial charge in [-0.2, -0.15) is 0 Å². The fraction of sp³-hybridized carbons (Fsp3) is 0.927. The summed E-state index contributed by atoms with van der Waals surface area (Å²) in [6.07, 6.45) is 51.9. The summed E-state index contributed by atoms with van der Waals surface area (Å²) in [5, 5.41) is 0. The third kappa shape index (κ3) is 25.1. The standard InChI is InChI=1S/C41H81N2/c1-4-7-10-13-16-19-20-21-22-23-24-27-30-33-36-41-42(37-34-31-28-25-17-14-11-8-5-2)39-40-43(41)38-35-32-29-26-18-15-12-9-6-3/h39-40H,4-38H2,1-3H3/q+1. The molecule has 0 aliphatic rings. The van der Waals surface area contributed by atoms with E-state index >= 15 is 0 Å². The molecule has 1 aromatic rings. The Balaban J connectivity index is 2.28. The van der Waals surface area contributed by atoms with E-state index in [2.05, 4.69) is 42.3 Å². The van der Waals surface area contributed by atoms with Gasteiger partial charge in [-0.3, -0.25) is 0 Å². The lowest BCUT2D eigenvalue weighted by atomic mass is 10.0. The highest BCUT2D eigenvalue weighted by atomic mass is 15.1. The molecule has 0 fully saturated rings. The van der Waals surface area contributed by atoms with Gasteiger partial charge in [0.2, 0.25) is 0 Å². The molecule has 0 aromatic carbocycles. The van der Waals surface area contributed by atoms with E-state index in [1.54, 1.807) is 5.82 Å². The van der Waals surface area contributed by atoms with Crippen LogP contribution in [-0.4, -0.2) is 4.57 Å². The molecule has 0 N–H and O–H groups in total. The van der Waals surface area contributed by atoms with Crippen molar-refractivity contribution in [1.82, 2.24) is 4.57 Å². The molecule has 0 unspecified atom stereocenters. The molecule has 1 heterocycles. The van der Waals surface area contributed by atoms with Crippen LogP contribution in [0.5, 0.6) is 0 Å². The molecule has 254 valence electrons. The maximum absolute atomic E-state index is 2.64. The van der Waals surface area contributed by atoms with Gasteiger partial charge in [0.25, 0.3) is 5.82 Å². The smallest absolute Gasteiger partial charge is 0.234 e. The minimum Gasteiger partial charge on any atom is -0.234 e. The Labute approximate surface area is 272 Å². The van der Waals surface area contributed by atoms with Gasteiger partial charge in [0, 0.05) is 6.42 Å². The summed E-state index contributed by atoms with van der Waals surface area (Å²) in [6.45, 7) is 9.40. The Morgan fingerprint density at radius 3 is 1.12 bits per heavy atom. The number of unbranched alkanes of at least 4 members (excludes halogenated alkanes) is 29. The van der Waals surface area contributed by atoms with Crippen LogP contribution in [0, 0.1) is 0 Å². The van der Waals surface area contributed by atoms with E-state index in [0.29, 0.717) is 0 Å². The second kappa shape index (κ2) is 32.6. The molecular formula is C41H81N2+. The summed E-state index contributed by atoms with van der Waals surface area (Å²) in [4.78, 5) is 0. The van der Waals surface area contributed by atoms with Gasteiger partial charge in [-0.25, -0.2) is 9.13 Å². The van der Waals surface area contributed by atoms with Crippen LogP contribution in [0.2, 0.25) is 0 Å². The molecule has 1 aromatic heterocycles. The summed E-state index contributed by atoms with van der Waals surface area (Å²) in [5.74, 6) is 1.62. The molecule has 1 rings (SSSR count). The summed E-state index contributed by atoms with van der Waals surface area (Å²) in [7, 11) is 0. The Hall–Kier alpha value is -0.790. The topological polar surface area (TPSA) is 8.81 Å². The van der Waals surface area contributed by atoms with Crippen LogP contribution in [-0.2, 0) is 19.5 Å². The van der Waals surface area contributed by atoms with Gasteiger partial charge in [-0.15, -0.1) is 0 Å². The number of hydrogen-bond donors (Lipinski definition) is 0. The van der Waals surface area contributed by atoms with Crippen LogP contribution in [0.4, 0.5) is 0 Å². The first-order chi connectivity index (χ1) is 21.3. The second-order valence-electron chi connectivity index (χ2n) is 14.1. The highest BCUT2D eigenvalue weighted by Gasteiger charge is 2.16. The number of nitrogens with zero attached hydrogens (tertiary/aromatic N) is 2. The first kappa shape index (κ1) is 40.2. The molecule has 0 saturated carbocycles. The molecule has 2 nitrogen and oxygen atoms in total. The quantitative estimate of drug-likeness (QED) is 0.0540. The average molecular weight is 602 g/mol. The van der Waals surface area contributed by atoms with Crippen LogP contribution in [0.1, 0.15) is 232 Å². The molecule has 0 aliphatic carbocycles. The number of imidazole rings is 1. The maximum atomic E-state index is 2.64. The van der Waals surface area contributed by atoms with Crippen LogP contribution < -0.4 is 4.57 Å². The van der Waals surface area contributed by atoms with E-state index in [9.17, 15) is 0 Å². The van der Waals surface area contributed by atoms with Gasteiger partial charge in [0.1, 0.15) is 12.4 Å². The van der Waals surface area contributed by atoms with Crippen molar-refractivity contribution in [1.29, 1.82) is 0 Å². The zero-order chi connectivity index (χ0) is 30.9. The Kier molecular flexibility index (Phi) is 30.5. The van der Waals surface area contributed by atoms with Crippen molar-refractivity contribution >= 4 is 0 Å². The van der Waals surface area contributed by atoms with E-state index in [1.807, 2.05) is 0 Å². The zero-order valence-electron chi connectivity index (χ0n) is 30.3. The molecule has 0 bridgehead atoms. The zero-order valence-corrected chi connectivity index (χ0v) is 30.3. The first-order valence-electron chi connectivity index (χ1n) is 20.4. The molecular weight excluding hydrogens is 520 g/mol. The van der Waals surface area contributed by atoms with E-state index in [1.165, 1.54) is 225 Å². The van der Waals surface area contributed by atoms with Crippen LogP contribution in [0.3, 0.4) is 0 Å². The fourth-order valence-electron chi connectivity index (χ4n) is 6.86. The molecule has 0 aliphatic heterocycles. The van der Waals surface area contributed by atoms with Gasteiger partial charge < -0.3 is 0 Å². The molecule has 0 radical (unpaired) electrons. The van der Waals surface area contributed by atoms with Crippen molar-refractivity contribution in [2.75, 3.05) is 0 Å². The van der Waals surface area contributed by atoms with Crippen molar-refractivity contribution in [3.8, 4) is 0 Å². The molecule has 0 atom stereocenters. The summed E-state index contributed by atoms with van der Waals surface area (Å²) >= 11 is 0. The normalized spacial score (nSPS) is 11.6. The van der Waals surface area contributed by atoms with Gasteiger partial charge in [0.05, 0.1) is 13.1 Å². The maximum Gasteiger partial charge on any atom is 0.256 e.